The average molecular weight is 301 g/mol. The SMILES string of the molecule is CC(C)n1nc2c(=O)n(C)c(=O)n(C)c2c1Br. The Hall–Kier alpha value is -1.37. The van der Waals surface area contributed by atoms with Crippen molar-refractivity contribution in [2.24, 2.45) is 14.1 Å². The zero-order valence-corrected chi connectivity index (χ0v) is 11.6. The molecule has 2 aromatic heterocycles. The molecule has 0 unspecified atom stereocenters. The Morgan fingerprint density at radius 1 is 1.18 bits per heavy atom. The van der Waals surface area contributed by atoms with Crippen molar-refractivity contribution in [3.8, 4) is 0 Å². The Kier molecular flexibility index (Phi) is 2.73. The van der Waals surface area contributed by atoms with Gasteiger partial charge in [-0.3, -0.25) is 18.6 Å². The van der Waals surface area contributed by atoms with E-state index in [0.29, 0.717) is 15.6 Å². The van der Waals surface area contributed by atoms with Gasteiger partial charge in [0.1, 0.15) is 10.1 Å². The first-order chi connectivity index (χ1) is 7.86. The van der Waals surface area contributed by atoms with Crippen LogP contribution in [0.5, 0.6) is 0 Å². The van der Waals surface area contributed by atoms with E-state index in [0.717, 1.165) is 4.57 Å². The van der Waals surface area contributed by atoms with Crippen molar-refractivity contribution in [3.63, 3.8) is 0 Å². The Bertz CT molecular complexity index is 708. The van der Waals surface area contributed by atoms with Gasteiger partial charge < -0.3 is 0 Å². The molecule has 2 aromatic rings. The van der Waals surface area contributed by atoms with Crippen LogP contribution < -0.4 is 11.2 Å². The monoisotopic (exact) mass is 300 g/mol. The van der Waals surface area contributed by atoms with Crippen molar-refractivity contribution >= 4 is 27.0 Å². The molecule has 0 radical (unpaired) electrons. The van der Waals surface area contributed by atoms with E-state index in [1.54, 1.807) is 11.7 Å². The van der Waals surface area contributed by atoms with Gasteiger partial charge in [0, 0.05) is 20.1 Å². The van der Waals surface area contributed by atoms with Gasteiger partial charge in [0.05, 0.1) is 0 Å². The highest BCUT2D eigenvalue weighted by Crippen LogP contribution is 2.23. The molecular formula is C10H13BrN4O2. The second kappa shape index (κ2) is 3.83. The molecule has 0 aliphatic rings. The largest absolute Gasteiger partial charge is 0.331 e. The van der Waals surface area contributed by atoms with Gasteiger partial charge in [-0.2, -0.15) is 5.10 Å². The van der Waals surface area contributed by atoms with Gasteiger partial charge in [-0.25, -0.2) is 4.79 Å². The molecule has 92 valence electrons. The number of halogens is 1. The zero-order chi connectivity index (χ0) is 12.9. The van der Waals surface area contributed by atoms with Crippen LogP contribution in [-0.2, 0) is 14.1 Å². The molecule has 17 heavy (non-hydrogen) atoms. The average Bonchev–Trinajstić information content (AvgIpc) is 2.62. The second-order valence-electron chi connectivity index (χ2n) is 4.23. The van der Waals surface area contributed by atoms with Gasteiger partial charge in [-0.05, 0) is 29.8 Å². The third-order valence-corrected chi connectivity index (χ3v) is 3.47. The third kappa shape index (κ3) is 1.56. The molecule has 0 bridgehead atoms. The van der Waals surface area contributed by atoms with Crippen molar-refractivity contribution in [2.45, 2.75) is 19.9 Å². The predicted octanol–water partition coefficient (Wildman–Crippen LogP) is 0.777. The van der Waals surface area contributed by atoms with Gasteiger partial charge in [0.25, 0.3) is 5.56 Å². The topological polar surface area (TPSA) is 61.8 Å². The van der Waals surface area contributed by atoms with E-state index in [4.69, 9.17) is 0 Å². The standard InChI is InChI=1S/C10H13BrN4O2/c1-5(2)15-8(11)7-6(12-15)9(16)14(4)10(17)13(7)3/h5H,1-4H3. The quantitative estimate of drug-likeness (QED) is 0.782. The lowest BCUT2D eigenvalue weighted by molar-refractivity contribution is 0.526. The van der Waals surface area contributed by atoms with Crippen LogP contribution in [0.2, 0.25) is 0 Å². The van der Waals surface area contributed by atoms with E-state index < -0.39 is 0 Å². The van der Waals surface area contributed by atoms with Crippen LogP contribution in [0.4, 0.5) is 0 Å². The summed E-state index contributed by atoms with van der Waals surface area (Å²) < 4.78 is 4.82. The van der Waals surface area contributed by atoms with E-state index >= 15 is 0 Å². The van der Waals surface area contributed by atoms with Gasteiger partial charge in [-0.1, -0.05) is 0 Å². The molecule has 0 aliphatic heterocycles. The maximum absolute atomic E-state index is 11.9. The minimum atomic E-state index is -0.372. The van der Waals surface area contributed by atoms with Crippen molar-refractivity contribution in [2.75, 3.05) is 0 Å². The minimum Gasteiger partial charge on any atom is -0.292 e. The maximum Gasteiger partial charge on any atom is 0.331 e. The van der Waals surface area contributed by atoms with Crippen LogP contribution in [0, 0.1) is 0 Å². The van der Waals surface area contributed by atoms with Crippen LogP contribution in [0.3, 0.4) is 0 Å². The molecule has 0 fully saturated rings. The Morgan fingerprint density at radius 2 is 1.76 bits per heavy atom. The van der Waals surface area contributed by atoms with E-state index in [1.807, 2.05) is 13.8 Å². The van der Waals surface area contributed by atoms with E-state index in [1.165, 1.54) is 11.6 Å². The highest BCUT2D eigenvalue weighted by molar-refractivity contribution is 9.10. The molecule has 0 spiro atoms. The molecule has 0 N–H and O–H groups in total. The molecule has 6 nitrogen and oxygen atoms in total. The molecule has 2 rings (SSSR count). The van der Waals surface area contributed by atoms with Crippen LogP contribution in [0.15, 0.2) is 14.2 Å². The minimum absolute atomic E-state index is 0.108. The summed E-state index contributed by atoms with van der Waals surface area (Å²) >= 11 is 3.39. The summed E-state index contributed by atoms with van der Waals surface area (Å²) in [5, 5.41) is 4.25. The summed E-state index contributed by atoms with van der Waals surface area (Å²) in [7, 11) is 3.08. The first kappa shape index (κ1) is 12.1. The summed E-state index contributed by atoms with van der Waals surface area (Å²) in [6, 6.07) is 0.108. The van der Waals surface area contributed by atoms with Crippen LogP contribution in [-0.4, -0.2) is 18.9 Å². The zero-order valence-electron chi connectivity index (χ0n) is 10.1. The van der Waals surface area contributed by atoms with Crippen LogP contribution in [0.1, 0.15) is 19.9 Å². The fraction of sp³-hybridized carbons (Fsp3) is 0.500. The fourth-order valence-corrected chi connectivity index (χ4v) is 2.70. The lowest BCUT2D eigenvalue weighted by Crippen LogP contribution is -2.36. The highest BCUT2D eigenvalue weighted by atomic mass is 79.9. The summed E-state index contributed by atoms with van der Waals surface area (Å²) in [6.45, 7) is 3.92. The Balaban J connectivity index is 3.08. The van der Waals surface area contributed by atoms with Gasteiger partial charge in [0.15, 0.2) is 5.52 Å². The van der Waals surface area contributed by atoms with E-state index in [-0.39, 0.29) is 17.3 Å². The smallest absolute Gasteiger partial charge is 0.292 e. The summed E-state index contributed by atoms with van der Waals surface area (Å²) in [5.41, 5.74) is 0.108. The lowest BCUT2D eigenvalue weighted by Gasteiger charge is -2.06. The summed E-state index contributed by atoms with van der Waals surface area (Å²) in [6.07, 6.45) is 0. The van der Waals surface area contributed by atoms with Crippen LogP contribution >= 0.6 is 15.9 Å². The number of hydrogen-bond donors (Lipinski definition) is 0. The molecule has 7 heteroatoms. The van der Waals surface area contributed by atoms with Crippen molar-refractivity contribution in [1.29, 1.82) is 0 Å². The van der Waals surface area contributed by atoms with Gasteiger partial charge in [0.2, 0.25) is 0 Å². The Labute approximate surface area is 106 Å². The number of hydrogen-bond acceptors (Lipinski definition) is 3. The maximum atomic E-state index is 11.9. The van der Waals surface area contributed by atoms with E-state index in [9.17, 15) is 9.59 Å². The first-order valence-corrected chi connectivity index (χ1v) is 5.99. The molecule has 0 saturated carbocycles. The number of fused-ring (bicyclic) bond motifs is 1. The molecule has 0 saturated heterocycles. The first-order valence-electron chi connectivity index (χ1n) is 5.20. The summed E-state index contributed by atoms with van der Waals surface area (Å²) in [4.78, 5) is 23.7. The second-order valence-corrected chi connectivity index (χ2v) is 4.98. The fourth-order valence-electron chi connectivity index (χ4n) is 1.76. The number of aromatic nitrogens is 4. The number of nitrogens with zero attached hydrogens (tertiary/aromatic N) is 4. The molecule has 0 amide bonds. The van der Waals surface area contributed by atoms with Gasteiger partial charge >= 0.3 is 5.69 Å². The molecule has 0 aliphatic carbocycles. The molecule has 0 atom stereocenters. The highest BCUT2D eigenvalue weighted by Gasteiger charge is 2.18. The normalized spacial score (nSPS) is 11.6. The lowest BCUT2D eigenvalue weighted by atomic mass is 10.4. The number of aryl methyl sites for hydroxylation is 1. The molecular weight excluding hydrogens is 288 g/mol. The predicted molar refractivity (Wildman–Crippen MR) is 68.3 cm³/mol. The summed E-state index contributed by atoms with van der Waals surface area (Å²) in [5.74, 6) is 0. The van der Waals surface area contributed by atoms with Crippen molar-refractivity contribution < 1.29 is 0 Å². The van der Waals surface area contributed by atoms with Crippen molar-refractivity contribution in [3.05, 3.63) is 25.4 Å². The van der Waals surface area contributed by atoms with Crippen molar-refractivity contribution in [1.82, 2.24) is 18.9 Å². The van der Waals surface area contributed by atoms with Gasteiger partial charge in [-0.15, -0.1) is 0 Å². The Morgan fingerprint density at radius 3 is 2.29 bits per heavy atom. The van der Waals surface area contributed by atoms with E-state index in [2.05, 4.69) is 21.0 Å². The molecule has 2 heterocycles. The third-order valence-electron chi connectivity index (χ3n) is 2.73. The van der Waals surface area contributed by atoms with Crippen LogP contribution in [0.25, 0.3) is 11.0 Å². The number of rotatable bonds is 1. The molecule has 0 aromatic carbocycles.